The SMILES string of the molecule is CCNC(=NCc1ccsc1)NCC1CCCS1. The first kappa shape index (κ1) is 13.7. The second kappa shape index (κ2) is 7.69. The summed E-state index contributed by atoms with van der Waals surface area (Å²) in [5, 5.41) is 11.8. The second-order valence-corrected chi connectivity index (χ2v) is 6.53. The molecule has 0 bridgehead atoms. The number of guanidine groups is 1. The van der Waals surface area contributed by atoms with E-state index in [-0.39, 0.29) is 0 Å². The summed E-state index contributed by atoms with van der Waals surface area (Å²) in [6.45, 7) is 4.80. The van der Waals surface area contributed by atoms with Gasteiger partial charge < -0.3 is 10.6 Å². The van der Waals surface area contributed by atoms with E-state index in [0.717, 1.165) is 30.8 Å². The van der Waals surface area contributed by atoms with Gasteiger partial charge in [0.15, 0.2) is 5.96 Å². The summed E-state index contributed by atoms with van der Waals surface area (Å²) in [6.07, 6.45) is 2.70. The van der Waals surface area contributed by atoms with E-state index in [9.17, 15) is 0 Å². The van der Waals surface area contributed by atoms with E-state index in [1.807, 2.05) is 0 Å². The lowest BCUT2D eigenvalue weighted by atomic mass is 10.2. The van der Waals surface area contributed by atoms with Crippen LogP contribution in [0.15, 0.2) is 21.8 Å². The topological polar surface area (TPSA) is 36.4 Å². The molecule has 0 radical (unpaired) electrons. The summed E-state index contributed by atoms with van der Waals surface area (Å²) < 4.78 is 0. The van der Waals surface area contributed by atoms with Crippen LogP contribution in [0.4, 0.5) is 0 Å². The molecule has 0 aliphatic carbocycles. The fraction of sp³-hybridized carbons (Fsp3) is 0.615. The maximum atomic E-state index is 4.61. The van der Waals surface area contributed by atoms with Crippen molar-refractivity contribution >= 4 is 29.1 Å². The van der Waals surface area contributed by atoms with Crippen molar-refractivity contribution in [2.45, 2.75) is 31.6 Å². The second-order valence-electron chi connectivity index (χ2n) is 4.34. The van der Waals surface area contributed by atoms with E-state index in [2.05, 4.69) is 51.1 Å². The van der Waals surface area contributed by atoms with Gasteiger partial charge >= 0.3 is 0 Å². The molecular formula is C13H21N3S2. The molecule has 18 heavy (non-hydrogen) atoms. The number of aliphatic imine (C=N–C) groups is 1. The van der Waals surface area contributed by atoms with Crippen molar-refractivity contribution in [1.29, 1.82) is 0 Å². The van der Waals surface area contributed by atoms with Gasteiger partial charge in [0, 0.05) is 18.3 Å². The number of nitrogens with one attached hydrogen (secondary N) is 2. The number of thioether (sulfide) groups is 1. The van der Waals surface area contributed by atoms with Gasteiger partial charge in [-0.05, 0) is 47.9 Å². The first-order valence-electron chi connectivity index (χ1n) is 6.53. The predicted octanol–water partition coefficient (Wildman–Crippen LogP) is 2.70. The van der Waals surface area contributed by atoms with E-state index in [1.165, 1.54) is 24.2 Å². The van der Waals surface area contributed by atoms with Gasteiger partial charge in [0.05, 0.1) is 6.54 Å². The molecule has 0 aromatic carbocycles. The third-order valence-corrected chi connectivity index (χ3v) is 5.00. The summed E-state index contributed by atoms with van der Waals surface area (Å²) in [4.78, 5) is 4.61. The first-order chi connectivity index (χ1) is 8.88. The van der Waals surface area contributed by atoms with Gasteiger partial charge in [0.1, 0.15) is 0 Å². The summed E-state index contributed by atoms with van der Waals surface area (Å²) in [5.41, 5.74) is 1.28. The Morgan fingerprint density at radius 1 is 1.50 bits per heavy atom. The molecule has 2 N–H and O–H groups in total. The molecule has 0 amide bonds. The molecule has 0 spiro atoms. The lowest BCUT2D eigenvalue weighted by Gasteiger charge is -2.14. The Balaban J connectivity index is 1.80. The molecule has 0 saturated carbocycles. The van der Waals surface area contributed by atoms with Crippen LogP contribution in [0.2, 0.25) is 0 Å². The lowest BCUT2D eigenvalue weighted by molar-refractivity contribution is 0.727. The van der Waals surface area contributed by atoms with Crippen molar-refractivity contribution < 1.29 is 0 Å². The van der Waals surface area contributed by atoms with Gasteiger partial charge in [-0.2, -0.15) is 23.1 Å². The summed E-state index contributed by atoms with van der Waals surface area (Å²) in [7, 11) is 0. The lowest BCUT2D eigenvalue weighted by Crippen LogP contribution is -2.40. The Labute approximate surface area is 117 Å². The highest BCUT2D eigenvalue weighted by Crippen LogP contribution is 2.25. The Bertz CT molecular complexity index is 356. The van der Waals surface area contributed by atoms with E-state index >= 15 is 0 Å². The standard InChI is InChI=1S/C13H21N3S2/c1-2-14-13(15-8-11-5-7-17-10-11)16-9-12-4-3-6-18-12/h5,7,10,12H,2-4,6,8-9H2,1H3,(H2,14,15,16). The molecule has 1 unspecified atom stereocenters. The minimum atomic E-state index is 0.759. The molecular weight excluding hydrogens is 262 g/mol. The highest BCUT2D eigenvalue weighted by Gasteiger charge is 2.15. The number of nitrogens with zero attached hydrogens (tertiary/aromatic N) is 1. The Hall–Kier alpha value is -0.680. The Kier molecular flexibility index (Phi) is 5.87. The van der Waals surface area contributed by atoms with E-state index in [1.54, 1.807) is 11.3 Å². The molecule has 1 aromatic rings. The van der Waals surface area contributed by atoms with Crippen LogP contribution in [-0.2, 0) is 6.54 Å². The summed E-state index contributed by atoms with van der Waals surface area (Å²) in [5.74, 6) is 2.26. The zero-order valence-electron chi connectivity index (χ0n) is 10.8. The average molecular weight is 283 g/mol. The maximum absolute atomic E-state index is 4.61. The monoisotopic (exact) mass is 283 g/mol. The van der Waals surface area contributed by atoms with Gasteiger partial charge in [-0.1, -0.05) is 0 Å². The van der Waals surface area contributed by atoms with Gasteiger partial charge in [-0.15, -0.1) is 0 Å². The zero-order valence-corrected chi connectivity index (χ0v) is 12.4. The number of rotatable bonds is 5. The van der Waals surface area contributed by atoms with Crippen LogP contribution < -0.4 is 10.6 Å². The maximum Gasteiger partial charge on any atom is 0.191 e. The van der Waals surface area contributed by atoms with Crippen molar-refractivity contribution in [2.24, 2.45) is 4.99 Å². The van der Waals surface area contributed by atoms with E-state index in [0.29, 0.717) is 0 Å². The molecule has 1 aliphatic rings. The van der Waals surface area contributed by atoms with Crippen molar-refractivity contribution in [1.82, 2.24) is 10.6 Å². The van der Waals surface area contributed by atoms with Gasteiger partial charge in [0.2, 0.25) is 0 Å². The quantitative estimate of drug-likeness (QED) is 0.644. The van der Waals surface area contributed by atoms with Gasteiger partial charge in [0.25, 0.3) is 0 Å². The van der Waals surface area contributed by atoms with E-state index < -0.39 is 0 Å². The fourth-order valence-corrected chi connectivity index (χ4v) is 3.77. The highest BCUT2D eigenvalue weighted by molar-refractivity contribution is 8.00. The average Bonchev–Trinajstić information content (AvgIpc) is 3.05. The first-order valence-corrected chi connectivity index (χ1v) is 8.52. The minimum Gasteiger partial charge on any atom is -0.357 e. The molecule has 1 aliphatic heterocycles. The third-order valence-electron chi connectivity index (χ3n) is 2.87. The molecule has 2 heterocycles. The molecule has 2 rings (SSSR count). The highest BCUT2D eigenvalue weighted by atomic mass is 32.2. The molecule has 1 fully saturated rings. The van der Waals surface area contributed by atoms with Crippen LogP contribution in [0.25, 0.3) is 0 Å². The summed E-state index contributed by atoms with van der Waals surface area (Å²) in [6, 6.07) is 2.13. The molecule has 5 heteroatoms. The number of thiophene rings is 1. The van der Waals surface area contributed by atoms with Crippen LogP contribution in [0.1, 0.15) is 25.3 Å². The zero-order chi connectivity index (χ0) is 12.6. The van der Waals surface area contributed by atoms with Crippen molar-refractivity contribution in [2.75, 3.05) is 18.8 Å². The smallest absolute Gasteiger partial charge is 0.191 e. The van der Waals surface area contributed by atoms with Crippen molar-refractivity contribution in [3.63, 3.8) is 0 Å². The minimum absolute atomic E-state index is 0.759. The fourth-order valence-electron chi connectivity index (χ4n) is 1.91. The molecule has 1 atom stereocenters. The van der Waals surface area contributed by atoms with Crippen LogP contribution in [-0.4, -0.2) is 30.1 Å². The van der Waals surface area contributed by atoms with Crippen LogP contribution in [0, 0.1) is 0 Å². The largest absolute Gasteiger partial charge is 0.357 e. The molecule has 3 nitrogen and oxygen atoms in total. The van der Waals surface area contributed by atoms with Crippen molar-refractivity contribution in [3.8, 4) is 0 Å². The van der Waals surface area contributed by atoms with Gasteiger partial charge in [-0.25, -0.2) is 4.99 Å². The normalized spacial score (nSPS) is 20.1. The number of hydrogen-bond donors (Lipinski definition) is 2. The van der Waals surface area contributed by atoms with Crippen LogP contribution in [0.3, 0.4) is 0 Å². The Morgan fingerprint density at radius 3 is 3.11 bits per heavy atom. The van der Waals surface area contributed by atoms with Crippen molar-refractivity contribution in [3.05, 3.63) is 22.4 Å². The Morgan fingerprint density at radius 2 is 2.44 bits per heavy atom. The predicted molar refractivity (Wildman–Crippen MR) is 82.6 cm³/mol. The third kappa shape index (κ3) is 4.53. The number of hydrogen-bond acceptors (Lipinski definition) is 3. The van der Waals surface area contributed by atoms with Crippen LogP contribution >= 0.6 is 23.1 Å². The summed E-state index contributed by atoms with van der Waals surface area (Å²) >= 11 is 3.80. The molecule has 1 saturated heterocycles. The van der Waals surface area contributed by atoms with E-state index in [4.69, 9.17) is 0 Å². The van der Waals surface area contributed by atoms with Crippen LogP contribution in [0.5, 0.6) is 0 Å². The molecule has 100 valence electrons. The molecule has 1 aromatic heterocycles. The van der Waals surface area contributed by atoms with Gasteiger partial charge in [-0.3, -0.25) is 0 Å².